The zero-order valence-corrected chi connectivity index (χ0v) is 10.7. The molecule has 4 N–H and O–H groups in total. The van der Waals surface area contributed by atoms with Crippen LogP contribution in [-0.4, -0.2) is 16.2 Å². The molecular weight excluding hydrogens is 246 g/mol. The van der Waals surface area contributed by atoms with E-state index in [-0.39, 0.29) is 12.1 Å². The highest BCUT2D eigenvalue weighted by molar-refractivity contribution is 5.98. The van der Waals surface area contributed by atoms with Crippen LogP contribution in [-0.2, 0) is 0 Å². The van der Waals surface area contributed by atoms with Crippen molar-refractivity contribution in [2.24, 2.45) is 5.73 Å². The maximum Gasteiger partial charge on any atom is 0.329 e. The molecular formula is C12H15N5O2. The van der Waals surface area contributed by atoms with Crippen molar-refractivity contribution in [3.63, 3.8) is 0 Å². The first-order valence-corrected chi connectivity index (χ1v) is 5.78. The van der Waals surface area contributed by atoms with Crippen molar-refractivity contribution < 1.29 is 9.32 Å². The second kappa shape index (κ2) is 5.49. The van der Waals surface area contributed by atoms with Crippen LogP contribution in [0.15, 0.2) is 28.8 Å². The highest BCUT2D eigenvalue weighted by Crippen LogP contribution is 2.15. The van der Waals surface area contributed by atoms with Gasteiger partial charge in [0.05, 0.1) is 0 Å². The maximum atomic E-state index is 11.7. The summed E-state index contributed by atoms with van der Waals surface area (Å²) in [5.41, 5.74) is 7.36. The molecule has 100 valence electrons. The van der Waals surface area contributed by atoms with Crippen LogP contribution in [0.2, 0.25) is 0 Å². The molecule has 0 saturated heterocycles. The number of hydrogen-bond acceptors (Lipinski definition) is 5. The number of nitrogens with zero attached hydrogens (tertiary/aromatic N) is 2. The van der Waals surface area contributed by atoms with Gasteiger partial charge in [-0.2, -0.15) is 4.98 Å². The number of rotatable bonds is 3. The summed E-state index contributed by atoms with van der Waals surface area (Å²) in [5.74, 6) is 0.453. The van der Waals surface area contributed by atoms with Crippen LogP contribution < -0.4 is 16.4 Å². The number of aryl methyl sites for hydroxylation is 1. The third-order valence-electron chi connectivity index (χ3n) is 2.42. The second-order valence-electron chi connectivity index (χ2n) is 4.14. The Morgan fingerprint density at radius 2 is 2.21 bits per heavy atom. The molecule has 1 unspecified atom stereocenters. The molecule has 0 bridgehead atoms. The maximum absolute atomic E-state index is 11.7. The molecule has 2 rings (SSSR count). The van der Waals surface area contributed by atoms with Gasteiger partial charge in [-0.1, -0.05) is 17.3 Å². The number of anilines is 2. The molecule has 0 aliphatic heterocycles. The first-order valence-electron chi connectivity index (χ1n) is 5.78. The lowest BCUT2D eigenvalue weighted by atomic mass is 10.1. The largest absolute Gasteiger partial charge is 0.329 e. The number of urea groups is 1. The van der Waals surface area contributed by atoms with Crippen molar-refractivity contribution in [1.29, 1.82) is 0 Å². The van der Waals surface area contributed by atoms with Gasteiger partial charge >= 0.3 is 12.0 Å². The first-order chi connectivity index (χ1) is 9.04. The Labute approximate surface area is 110 Å². The molecule has 2 amide bonds. The Morgan fingerprint density at radius 3 is 2.84 bits per heavy atom. The Hall–Kier alpha value is -2.41. The van der Waals surface area contributed by atoms with Crippen LogP contribution in [0.4, 0.5) is 16.5 Å². The highest BCUT2D eigenvalue weighted by Gasteiger charge is 2.08. The fourth-order valence-electron chi connectivity index (χ4n) is 1.51. The lowest BCUT2D eigenvalue weighted by molar-refractivity contribution is 0.261. The summed E-state index contributed by atoms with van der Waals surface area (Å²) in [4.78, 5) is 15.6. The molecule has 1 atom stereocenters. The van der Waals surface area contributed by atoms with Crippen LogP contribution >= 0.6 is 0 Å². The van der Waals surface area contributed by atoms with E-state index in [9.17, 15) is 4.79 Å². The van der Waals surface area contributed by atoms with Gasteiger partial charge in [0, 0.05) is 11.7 Å². The number of nitrogens with two attached hydrogens (primary N) is 1. The summed E-state index contributed by atoms with van der Waals surface area (Å²) in [6.07, 6.45) is 0. The summed E-state index contributed by atoms with van der Waals surface area (Å²) in [7, 11) is 0. The molecule has 7 heteroatoms. The van der Waals surface area contributed by atoms with Crippen LogP contribution in [0.3, 0.4) is 0 Å². The van der Waals surface area contributed by atoms with Crippen molar-refractivity contribution in [2.75, 3.05) is 10.6 Å². The van der Waals surface area contributed by atoms with Gasteiger partial charge in [0.1, 0.15) is 0 Å². The molecule has 0 radical (unpaired) electrons. The molecule has 7 nitrogen and oxygen atoms in total. The van der Waals surface area contributed by atoms with E-state index in [4.69, 9.17) is 10.3 Å². The second-order valence-corrected chi connectivity index (χ2v) is 4.14. The molecule has 0 fully saturated rings. The normalized spacial score (nSPS) is 11.9. The van der Waals surface area contributed by atoms with Crippen molar-refractivity contribution in [3.05, 3.63) is 35.7 Å². The van der Waals surface area contributed by atoms with Crippen LogP contribution in [0.1, 0.15) is 24.4 Å². The van der Waals surface area contributed by atoms with Crippen molar-refractivity contribution in [2.45, 2.75) is 19.9 Å². The predicted octanol–water partition coefficient (Wildman–Crippen LogP) is 2.04. The third kappa shape index (κ3) is 3.52. The standard InChI is InChI=1S/C12H15N5O2/c1-7(13)9-4-3-5-10(6-9)15-11(18)16-12-14-8(2)17-19-12/h3-7H,13H2,1-2H3,(H2,14,15,16,17,18). The summed E-state index contributed by atoms with van der Waals surface area (Å²) in [6.45, 7) is 3.54. The molecule has 0 spiro atoms. The van der Waals surface area contributed by atoms with Crippen molar-refractivity contribution in [1.82, 2.24) is 10.1 Å². The lowest BCUT2D eigenvalue weighted by Gasteiger charge is -2.09. The van der Waals surface area contributed by atoms with Gasteiger partial charge in [-0.15, -0.1) is 0 Å². The lowest BCUT2D eigenvalue weighted by Crippen LogP contribution is -2.19. The van der Waals surface area contributed by atoms with Gasteiger partial charge in [0.2, 0.25) is 0 Å². The fourth-order valence-corrected chi connectivity index (χ4v) is 1.51. The summed E-state index contributed by atoms with van der Waals surface area (Å²) < 4.78 is 4.78. The van der Waals surface area contributed by atoms with Gasteiger partial charge < -0.3 is 15.6 Å². The van der Waals surface area contributed by atoms with E-state index in [1.807, 2.05) is 25.1 Å². The Morgan fingerprint density at radius 1 is 1.42 bits per heavy atom. The molecule has 1 aromatic heterocycles. The fraction of sp³-hybridized carbons (Fsp3) is 0.250. The molecule has 1 heterocycles. The average Bonchev–Trinajstić information content (AvgIpc) is 2.74. The molecule has 0 saturated carbocycles. The van der Waals surface area contributed by atoms with Crippen LogP contribution in [0.5, 0.6) is 0 Å². The van der Waals surface area contributed by atoms with Gasteiger partial charge in [0.15, 0.2) is 5.82 Å². The number of nitrogens with one attached hydrogen (secondary N) is 2. The van der Waals surface area contributed by atoms with Gasteiger partial charge in [-0.3, -0.25) is 5.32 Å². The predicted molar refractivity (Wildman–Crippen MR) is 70.7 cm³/mol. The zero-order chi connectivity index (χ0) is 13.8. The molecule has 0 aliphatic rings. The minimum absolute atomic E-state index is 0.0540. The topological polar surface area (TPSA) is 106 Å². The van der Waals surface area contributed by atoms with E-state index in [1.165, 1.54) is 0 Å². The van der Waals surface area contributed by atoms with E-state index in [0.29, 0.717) is 11.5 Å². The van der Waals surface area contributed by atoms with E-state index < -0.39 is 6.03 Å². The molecule has 2 aromatic rings. The third-order valence-corrected chi connectivity index (χ3v) is 2.42. The number of aromatic nitrogens is 2. The number of carbonyl (C=O) groups excluding carboxylic acids is 1. The van der Waals surface area contributed by atoms with E-state index in [1.54, 1.807) is 13.0 Å². The quantitative estimate of drug-likeness (QED) is 0.783. The monoisotopic (exact) mass is 261 g/mol. The summed E-state index contributed by atoms with van der Waals surface area (Å²) in [5, 5.41) is 8.67. The van der Waals surface area contributed by atoms with Crippen LogP contribution in [0.25, 0.3) is 0 Å². The zero-order valence-electron chi connectivity index (χ0n) is 10.7. The van der Waals surface area contributed by atoms with Gasteiger partial charge in [-0.05, 0) is 31.5 Å². The van der Waals surface area contributed by atoms with Crippen molar-refractivity contribution in [3.8, 4) is 0 Å². The average molecular weight is 261 g/mol. The van der Waals surface area contributed by atoms with Crippen molar-refractivity contribution >= 4 is 17.7 Å². The number of hydrogen-bond donors (Lipinski definition) is 3. The van der Waals surface area contributed by atoms with E-state index in [2.05, 4.69) is 20.8 Å². The highest BCUT2D eigenvalue weighted by atomic mass is 16.5. The van der Waals surface area contributed by atoms with Crippen LogP contribution in [0, 0.1) is 6.92 Å². The number of carbonyl (C=O) groups is 1. The van der Waals surface area contributed by atoms with Gasteiger partial charge in [-0.25, -0.2) is 4.79 Å². The van der Waals surface area contributed by atoms with Gasteiger partial charge in [0.25, 0.3) is 0 Å². The molecule has 0 aliphatic carbocycles. The minimum atomic E-state index is -0.453. The smallest absolute Gasteiger partial charge is 0.324 e. The van der Waals surface area contributed by atoms with E-state index in [0.717, 1.165) is 5.56 Å². The Bertz CT molecular complexity index is 579. The Kier molecular flexibility index (Phi) is 3.76. The summed E-state index contributed by atoms with van der Waals surface area (Å²) >= 11 is 0. The minimum Gasteiger partial charge on any atom is -0.324 e. The molecule has 1 aromatic carbocycles. The molecule has 19 heavy (non-hydrogen) atoms. The Balaban J connectivity index is 2.00. The number of amides is 2. The number of benzene rings is 1. The van der Waals surface area contributed by atoms with E-state index >= 15 is 0 Å². The summed E-state index contributed by atoms with van der Waals surface area (Å²) in [6, 6.07) is 6.81. The SMILES string of the molecule is Cc1noc(NC(=O)Nc2cccc(C(C)N)c2)n1. The first kappa shape index (κ1) is 13.0.